The van der Waals surface area contributed by atoms with Gasteiger partial charge < -0.3 is 5.11 Å². The standard InChI is InChI=1S/C9H13N3O2/c13-9(14)7-1-3-8(4-2-7)12-10-5-6-11-12/h5-8H,1-4H2,(H,13,14). The number of aromatic nitrogens is 3. The average molecular weight is 195 g/mol. The normalized spacial score (nSPS) is 27.4. The molecule has 1 fully saturated rings. The number of hydrogen-bond donors (Lipinski definition) is 1. The maximum atomic E-state index is 10.7. The minimum Gasteiger partial charge on any atom is -0.481 e. The largest absolute Gasteiger partial charge is 0.481 e. The molecule has 14 heavy (non-hydrogen) atoms. The molecule has 0 aliphatic heterocycles. The third-order valence-electron chi connectivity index (χ3n) is 2.81. The van der Waals surface area contributed by atoms with Crippen LogP contribution in [-0.2, 0) is 4.79 Å². The topological polar surface area (TPSA) is 68.0 Å². The van der Waals surface area contributed by atoms with Crippen molar-refractivity contribution in [3.8, 4) is 0 Å². The van der Waals surface area contributed by atoms with Gasteiger partial charge in [0.1, 0.15) is 0 Å². The molecule has 76 valence electrons. The van der Waals surface area contributed by atoms with E-state index < -0.39 is 5.97 Å². The summed E-state index contributed by atoms with van der Waals surface area (Å²) in [6.45, 7) is 0. The van der Waals surface area contributed by atoms with Crippen LogP contribution in [0, 0.1) is 5.92 Å². The Bertz CT molecular complexity index is 302. The minimum atomic E-state index is -0.670. The number of carboxylic acid groups (broad SMARTS) is 1. The van der Waals surface area contributed by atoms with Crippen molar-refractivity contribution in [3.63, 3.8) is 0 Å². The van der Waals surface area contributed by atoms with Crippen LogP contribution in [-0.4, -0.2) is 26.1 Å². The molecule has 1 aromatic heterocycles. The molecule has 0 unspecified atom stereocenters. The molecule has 0 amide bonds. The summed E-state index contributed by atoms with van der Waals surface area (Å²) in [5, 5.41) is 17.0. The zero-order valence-electron chi connectivity index (χ0n) is 7.83. The molecule has 0 radical (unpaired) electrons. The fraction of sp³-hybridized carbons (Fsp3) is 0.667. The molecule has 0 spiro atoms. The first-order chi connectivity index (χ1) is 6.77. The summed E-state index contributed by atoms with van der Waals surface area (Å²) >= 11 is 0. The molecule has 1 saturated carbocycles. The molecule has 1 aliphatic carbocycles. The lowest BCUT2D eigenvalue weighted by Gasteiger charge is -2.25. The second kappa shape index (κ2) is 3.77. The maximum Gasteiger partial charge on any atom is 0.306 e. The van der Waals surface area contributed by atoms with Crippen molar-refractivity contribution in [2.75, 3.05) is 0 Å². The van der Waals surface area contributed by atoms with E-state index in [4.69, 9.17) is 5.11 Å². The predicted octanol–water partition coefficient (Wildman–Crippen LogP) is 1.09. The van der Waals surface area contributed by atoms with Gasteiger partial charge in [-0.3, -0.25) is 4.79 Å². The molecule has 2 rings (SSSR count). The Morgan fingerprint density at radius 2 is 1.79 bits per heavy atom. The highest BCUT2D eigenvalue weighted by Gasteiger charge is 2.27. The smallest absolute Gasteiger partial charge is 0.306 e. The molecule has 5 nitrogen and oxygen atoms in total. The number of rotatable bonds is 2. The number of aliphatic carboxylic acids is 1. The van der Waals surface area contributed by atoms with Gasteiger partial charge in [0.15, 0.2) is 0 Å². The molecule has 1 heterocycles. The van der Waals surface area contributed by atoms with Crippen molar-refractivity contribution in [1.29, 1.82) is 0 Å². The van der Waals surface area contributed by atoms with Crippen LogP contribution in [0.5, 0.6) is 0 Å². The van der Waals surface area contributed by atoms with Crippen LogP contribution in [0.2, 0.25) is 0 Å². The summed E-state index contributed by atoms with van der Waals surface area (Å²) in [5.41, 5.74) is 0. The van der Waals surface area contributed by atoms with Gasteiger partial charge in [0.2, 0.25) is 0 Å². The van der Waals surface area contributed by atoms with E-state index in [-0.39, 0.29) is 5.92 Å². The summed E-state index contributed by atoms with van der Waals surface area (Å²) in [4.78, 5) is 12.4. The van der Waals surface area contributed by atoms with E-state index in [1.165, 1.54) is 0 Å². The monoisotopic (exact) mass is 195 g/mol. The number of carboxylic acids is 1. The number of nitrogens with zero attached hydrogens (tertiary/aromatic N) is 3. The Kier molecular flexibility index (Phi) is 2.47. The minimum absolute atomic E-state index is 0.165. The highest BCUT2D eigenvalue weighted by Crippen LogP contribution is 2.30. The fourth-order valence-electron chi connectivity index (χ4n) is 1.97. The second-order valence-electron chi connectivity index (χ2n) is 3.69. The molecule has 0 bridgehead atoms. The first-order valence-corrected chi connectivity index (χ1v) is 4.86. The summed E-state index contributed by atoms with van der Waals surface area (Å²) < 4.78 is 0. The van der Waals surface area contributed by atoms with Gasteiger partial charge in [-0.25, -0.2) is 0 Å². The molecule has 1 aliphatic rings. The van der Waals surface area contributed by atoms with Crippen LogP contribution < -0.4 is 0 Å². The highest BCUT2D eigenvalue weighted by atomic mass is 16.4. The Hall–Kier alpha value is -1.39. The quantitative estimate of drug-likeness (QED) is 0.767. The van der Waals surface area contributed by atoms with Crippen LogP contribution >= 0.6 is 0 Å². The van der Waals surface area contributed by atoms with E-state index in [9.17, 15) is 4.79 Å². The third-order valence-corrected chi connectivity index (χ3v) is 2.81. The second-order valence-corrected chi connectivity index (χ2v) is 3.69. The van der Waals surface area contributed by atoms with Crippen LogP contribution in [0.25, 0.3) is 0 Å². The number of carbonyl (C=O) groups is 1. The highest BCUT2D eigenvalue weighted by molar-refractivity contribution is 5.69. The average Bonchev–Trinajstić information content (AvgIpc) is 2.71. The molecule has 1 aromatic rings. The molecular weight excluding hydrogens is 182 g/mol. The van der Waals surface area contributed by atoms with Crippen molar-refractivity contribution in [2.24, 2.45) is 5.92 Å². The lowest BCUT2D eigenvalue weighted by atomic mass is 9.86. The molecule has 0 saturated heterocycles. The van der Waals surface area contributed by atoms with Crippen LogP contribution in [0.3, 0.4) is 0 Å². The van der Waals surface area contributed by atoms with E-state index in [1.54, 1.807) is 17.2 Å². The summed E-state index contributed by atoms with van der Waals surface area (Å²) in [7, 11) is 0. The predicted molar refractivity (Wildman–Crippen MR) is 48.7 cm³/mol. The van der Waals surface area contributed by atoms with Gasteiger partial charge in [-0.1, -0.05) is 0 Å². The lowest BCUT2D eigenvalue weighted by molar-refractivity contribution is -0.143. The van der Waals surface area contributed by atoms with Crippen LogP contribution in [0.4, 0.5) is 0 Å². The Morgan fingerprint density at radius 1 is 1.21 bits per heavy atom. The zero-order chi connectivity index (χ0) is 9.97. The Labute approximate surface area is 81.7 Å². The van der Waals surface area contributed by atoms with E-state index in [0.717, 1.165) is 25.7 Å². The van der Waals surface area contributed by atoms with Crippen molar-refractivity contribution in [1.82, 2.24) is 15.0 Å². The molecule has 0 atom stereocenters. The summed E-state index contributed by atoms with van der Waals surface area (Å²) in [6, 6.07) is 0.292. The molecule has 0 aromatic carbocycles. The van der Waals surface area contributed by atoms with E-state index in [0.29, 0.717) is 6.04 Å². The zero-order valence-corrected chi connectivity index (χ0v) is 7.83. The van der Waals surface area contributed by atoms with Gasteiger partial charge in [-0.05, 0) is 25.7 Å². The van der Waals surface area contributed by atoms with E-state index in [1.807, 2.05) is 0 Å². The third kappa shape index (κ3) is 1.76. The summed E-state index contributed by atoms with van der Waals surface area (Å²) in [5.74, 6) is -0.835. The molecule has 1 N–H and O–H groups in total. The van der Waals surface area contributed by atoms with Gasteiger partial charge in [0.25, 0.3) is 0 Å². The molecule has 5 heteroatoms. The van der Waals surface area contributed by atoms with Gasteiger partial charge in [-0.2, -0.15) is 15.0 Å². The lowest BCUT2D eigenvalue weighted by Crippen LogP contribution is -2.24. The van der Waals surface area contributed by atoms with Crippen molar-refractivity contribution >= 4 is 5.97 Å². The Morgan fingerprint density at radius 3 is 2.29 bits per heavy atom. The SMILES string of the molecule is O=C(O)C1CCC(n2nccn2)CC1. The van der Waals surface area contributed by atoms with Crippen molar-refractivity contribution in [3.05, 3.63) is 12.4 Å². The van der Waals surface area contributed by atoms with Gasteiger partial charge >= 0.3 is 5.97 Å². The van der Waals surface area contributed by atoms with Crippen molar-refractivity contribution < 1.29 is 9.90 Å². The van der Waals surface area contributed by atoms with Crippen molar-refractivity contribution in [2.45, 2.75) is 31.7 Å². The maximum absolute atomic E-state index is 10.7. The molecular formula is C9H13N3O2. The van der Waals surface area contributed by atoms with E-state index >= 15 is 0 Å². The number of hydrogen-bond acceptors (Lipinski definition) is 3. The van der Waals surface area contributed by atoms with E-state index in [2.05, 4.69) is 10.2 Å². The van der Waals surface area contributed by atoms with Gasteiger partial charge in [0.05, 0.1) is 24.4 Å². The fourth-order valence-corrected chi connectivity index (χ4v) is 1.97. The Balaban J connectivity index is 1.93. The summed E-state index contributed by atoms with van der Waals surface area (Å²) in [6.07, 6.45) is 6.52. The van der Waals surface area contributed by atoms with Crippen LogP contribution in [0.1, 0.15) is 31.7 Å². The first kappa shape index (κ1) is 9.18. The van der Waals surface area contributed by atoms with Gasteiger partial charge in [-0.15, -0.1) is 0 Å². The van der Waals surface area contributed by atoms with Gasteiger partial charge in [0, 0.05) is 0 Å². The van der Waals surface area contributed by atoms with Crippen LogP contribution in [0.15, 0.2) is 12.4 Å². The first-order valence-electron chi connectivity index (χ1n) is 4.86.